The van der Waals surface area contributed by atoms with Crippen LogP contribution in [0.15, 0.2) is 41.5 Å². The van der Waals surface area contributed by atoms with Crippen molar-refractivity contribution in [1.82, 2.24) is 5.43 Å². The van der Waals surface area contributed by atoms with E-state index >= 15 is 0 Å². The first kappa shape index (κ1) is 17.6. The zero-order chi connectivity index (χ0) is 17.5. The van der Waals surface area contributed by atoms with Gasteiger partial charge in [0, 0.05) is 0 Å². The van der Waals surface area contributed by atoms with E-state index in [1.165, 1.54) is 13.3 Å². The summed E-state index contributed by atoms with van der Waals surface area (Å²) in [6.07, 6.45) is 1.41. The van der Waals surface area contributed by atoms with E-state index < -0.39 is 6.03 Å². The first-order valence-electron chi connectivity index (χ1n) is 7.14. The number of amides is 2. The van der Waals surface area contributed by atoms with Gasteiger partial charge in [-0.25, -0.2) is 10.2 Å². The zero-order valence-electron chi connectivity index (χ0n) is 13.4. The quantitative estimate of drug-likeness (QED) is 0.621. The highest BCUT2D eigenvalue weighted by Gasteiger charge is 2.12. The number of nitrogens with zero attached hydrogens (tertiary/aromatic N) is 1. The van der Waals surface area contributed by atoms with Crippen molar-refractivity contribution in [3.05, 3.63) is 58.1 Å². The van der Waals surface area contributed by atoms with Crippen LogP contribution in [0, 0.1) is 6.92 Å². The van der Waals surface area contributed by atoms with Crippen LogP contribution < -0.4 is 20.6 Å². The van der Waals surface area contributed by atoms with Gasteiger partial charge in [-0.15, -0.1) is 0 Å². The molecule has 6 nitrogen and oxygen atoms in total. The largest absolute Gasteiger partial charge is 0.493 e. The van der Waals surface area contributed by atoms with Crippen LogP contribution in [-0.4, -0.2) is 19.4 Å². The number of benzene rings is 2. The molecular weight excluding hydrogens is 330 g/mol. The Balaban J connectivity index is 2.19. The number of hydrogen-bond donors (Lipinski definition) is 2. The van der Waals surface area contributed by atoms with E-state index in [1.54, 1.807) is 12.1 Å². The Bertz CT molecular complexity index is 763. The normalized spacial score (nSPS) is 10.6. The molecule has 0 spiro atoms. The van der Waals surface area contributed by atoms with Crippen molar-refractivity contribution >= 4 is 23.8 Å². The summed E-state index contributed by atoms with van der Waals surface area (Å²) in [6, 6.07) is 10.5. The van der Waals surface area contributed by atoms with Crippen molar-refractivity contribution in [2.24, 2.45) is 10.8 Å². The van der Waals surface area contributed by atoms with Gasteiger partial charge in [0.1, 0.15) is 6.61 Å². The third-order valence-electron chi connectivity index (χ3n) is 3.27. The highest BCUT2D eigenvalue weighted by atomic mass is 35.5. The predicted molar refractivity (Wildman–Crippen MR) is 93.8 cm³/mol. The molecule has 24 heavy (non-hydrogen) atoms. The lowest BCUT2D eigenvalue weighted by atomic mass is 10.1. The molecule has 0 saturated heterocycles. The second-order valence-corrected chi connectivity index (χ2v) is 5.39. The van der Waals surface area contributed by atoms with Gasteiger partial charge in [0.25, 0.3) is 0 Å². The fourth-order valence-electron chi connectivity index (χ4n) is 2.05. The number of primary amides is 1. The van der Waals surface area contributed by atoms with Crippen molar-refractivity contribution in [1.29, 1.82) is 0 Å². The van der Waals surface area contributed by atoms with E-state index in [0.717, 1.165) is 11.1 Å². The maximum atomic E-state index is 10.6. The van der Waals surface area contributed by atoms with Crippen molar-refractivity contribution in [2.75, 3.05) is 7.11 Å². The molecule has 126 valence electrons. The summed E-state index contributed by atoms with van der Waals surface area (Å²) in [5.41, 5.74) is 9.88. The van der Waals surface area contributed by atoms with Crippen LogP contribution in [-0.2, 0) is 6.61 Å². The molecule has 0 saturated carbocycles. The van der Waals surface area contributed by atoms with E-state index in [9.17, 15) is 4.79 Å². The lowest BCUT2D eigenvalue weighted by Gasteiger charge is -2.14. The first-order valence-corrected chi connectivity index (χ1v) is 7.52. The molecule has 2 rings (SSSR count). The molecule has 0 radical (unpaired) electrons. The number of nitrogens with one attached hydrogen (secondary N) is 1. The fourth-order valence-corrected chi connectivity index (χ4v) is 2.32. The summed E-state index contributed by atoms with van der Waals surface area (Å²) in [7, 11) is 1.52. The minimum absolute atomic E-state index is 0.374. The molecule has 0 aromatic heterocycles. The molecule has 7 heteroatoms. The molecule has 0 aliphatic rings. The molecule has 0 aliphatic heterocycles. The molecule has 2 aromatic carbocycles. The molecule has 0 fully saturated rings. The first-order chi connectivity index (χ1) is 11.5. The summed E-state index contributed by atoms with van der Waals surface area (Å²) in [4.78, 5) is 10.6. The Morgan fingerprint density at radius 2 is 2.12 bits per heavy atom. The van der Waals surface area contributed by atoms with Gasteiger partial charge in [0.2, 0.25) is 0 Å². The topological polar surface area (TPSA) is 85.9 Å². The maximum Gasteiger partial charge on any atom is 0.332 e. The summed E-state index contributed by atoms with van der Waals surface area (Å²) < 4.78 is 11.2. The molecule has 2 aromatic rings. The number of rotatable bonds is 6. The Morgan fingerprint density at radius 3 is 2.79 bits per heavy atom. The van der Waals surface area contributed by atoms with Gasteiger partial charge in [-0.2, -0.15) is 5.10 Å². The SMILES string of the molecule is COc1cc(/C=N\NC(N)=O)cc(Cl)c1OCc1ccccc1C. The highest BCUT2D eigenvalue weighted by molar-refractivity contribution is 6.32. The van der Waals surface area contributed by atoms with E-state index in [-0.39, 0.29) is 0 Å². The average Bonchev–Trinajstić information content (AvgIpc) is 2.54. The van der Waals surface area contributed by atoms with Crippen LogP contribution in [0.1, 0.15) is 16.7 Å². The molecule has 0 heterocycles. The van der Waals surface area contributed by atoms with Gasteiger partial charge < -0.3 is 15.2 Å². The van der Waals surface area contributed by atoms with Crippen LogP contribution in [0.25, 0.3) is 0 Å². The Labute approximate surface area is 145 Å². The molecule has 3 N–H and O–H groups in total. The standard InChI is InChI=1S/C17H18ClN3O3/c1-11-5-3-4-6-13(11)10-24-16-14(18)7-12(8-15(16)23-2)9-20-21-17(19)22/h3-9H,10H2,1-2H3,(H3,19,21,22)/b20-9-. The van der Waals surface area contributed by atoms with Crippen LogP contribution in [0.4, 0.5) is 4.79 Å². The van der Waals surface area contributed by atoms with Crippen LogP contribution in [0.3, 0.4) is 0 Å². The Kier molecular flexibility index (Phi) is 6.03. The monoisotopic (exact) mass is 347 g/mol. The highest BCUT2D eigenvalue weighted by Crippen LogP contribution is 2.36. The number of carbonyl (C=O) groups excluding carboxylic acids is 1. The predicted octanol–water partition coefficient (Wildman–Crippen LogP) is 3.24. The molecule has 0 unspecified atom stereocenters. The second kappa shape index (κ2) is 8.21. The summed E-state index contributed by atoms with van der Waals surface area (Å²) >= 11 is 6.28. The van der Waals surface area contributed by atoms with Gasteiger partial charge in [-0.05, 0) is 35.7 Å². The number of ether oxygens (including phenoxy) is 2. The number of aryl methyl sites for hydroxylation is 1. The lowest BCUT2D eigenvalue weighted by molar-refractivity contribution is 0.249. The van der Waals surface area contributed by atoms with Crippen LogP contribution >= 0.6 is 11.6 Å². The molecule has 2 amide bonds. The lowest BCUT2D eigenvalue weighted by Crippen LogP contribution is -2.24. The third-order valence-corrected chi connectivity index (χ3v) is 3.55. The van der Waals surface area contributed by atoms with Crippen molar-refractivity contribution in [3.8, 4) is 11.5 Å². The number of hydrogen-bond acceptors (Lipinski definition) is 4. The van der Waals surface area contributed by atoms with Crippen LogP contribution in [0.5, 0.6) is 11.5 Å². The minimum atomic E-state index is -0.748. The molecule has 0 bridgehead atoms. The van der Waals surface area contributed by atoms with E-state index in [1.807, 2.05) is 31.2 Å². The molecule has 0 aliphatic carbocycles. The van der Waals surface area contributed by atoms with Crippen molar-refractivity contribution < 1.29 is 14.3 Å². The van der Waals surface area contributed by atoms with Gasteiger partial charge >= 0.3 is 6.03 Å². The van der Waals surface area contributed by atoms with Gasteiger partial charge in [0.15, 0.2) is 11.5 Å². The van der Waals surface area contributed by atoms with Gasteiger partial charge in [0.05, 0.1) is 18.3 Å². The molecular formula is C17H18ClN3O3. The third kappa shape index (κ3) is 4.63. The van der Waals surface area contributed by atoms with Crippen molar-refractivity contribution in [3.63, 3.8) is 0 Å². The van der Waals surface area contributed by atoms with E-state index in [4.69, 9.17) is 26.8 Å². The van der Waals surface area contributed by atoms with Gasteiger partial charge in [-0.3, -0.25) is 0 Å². The Morgan fingerprint density at radius 1 is 1.38 bits per heavy atom. The number of methoxy groups -OCH3 is 1. The fraction of sp³-hybridized carbons (Fsp3) is 0.176. The molecule has 0 atom stereocenters. The number of carbonyl (C=O) groups is 1. The second-order valence-electron chi connectivity index (χ2n) is 4.98. The zero-order valence-corrected chi connectivity index (χ0v) is 14.1. The maximum absolute atomic E-state index is 10.6. The number of halogens is 1. The summed E-state index contributed by atoms with van der Waals surface area (Å²) in [5, 5.41) is 4.07. The number of urea groups is 1. The van der Waals surface area contributed by atoms with E-state index in [2.05, 4.69) is 10.5 Å². The summed E-state index contributed by atoms with van der Waals surface area (Å²) in [5.74, 6) is 0.916. The summed E-state index contributed by atoms with van der Waals surface area (Å²) in [6.45, 7) is 2.39. The average molecular weight is 348 g/mol. The van der Waals surface area contributed by atoms with Gasteiger partial charge in [-0.1, -0.05) is 35.9 Å². The van der Waals surface area contributed by atoms with Crippen LogP contribution in [0.2, 0.25) is 5.02 Å². The number of nitrogens with two attached hydrogens (primary N) is 1. The number of hydrazone groups is 1. The van der Waals surface area contributed by atoms with Crippen molar-refractivity contribution in [2.45, 2.75) is 13.5 Å². The minimum Gasteiger partial charge on any atom is -0.493 e. The smallest absolute Gasteiger partial charge is 0.332 e. The van der Waals surface area contributed by atoms with E-state index in [0.29, 0.717) is 28.7 Å². The Hall–Kier alpha value is -2.73.